The Morgan fingerprint density at radius 2 is 1.61 bits per heavy atom. The van der Waals surface area contributed by atoms with Gasteiger partial charge in [0.1, 0.15) is 0 Å². The van der Waals surface area contributed by atoms with Gasteiger partial charge in [0.2, 0.25) is 0 Å². The minimum absolute atomic E-state index is 0.561. The molecule has 3 heteroatoms. The highest BCUT2D eigenvalue weighted by Gasteiger charge is 2.22. The summed E-state index contributed by atoms with van der Waals surface area (Å²) in [5.41, 5.74) is 4.67. The molecule has 1 fully saturated rings. The molecule has 3 nitrogen and oxygen atoms in total. The monoisotopic (exact) mass is 369 g/mol. The number of hydrazine groups is 1. The number of nitrogens with zero attached hydrogens (tertiary/aromatic N) is 3. The van der Waals surface area contributed by atoms with Gasteiger partial charge in [-0.3, -0.25) is 0 Å². The van der Waals surface area contributed by atoms with Crippen LogP contribution in [0, 0.1) is 11.3 Å². The molecule has 0 spiro atoms. The highest BCUT2D eigenvalue weighted by atomic mass is 15.6. The maximum atomic E-state index is 9.47. The Hall–Kier alpha value is -2.83. The first-order valence-corrected chi connectivity index (χ1v) is 10.2. The number of hydrogen-bond acceptors (Lipinski definition) is 3. The van der Waals surface area contributed by atoms with Gasteiger partial charge in [0.15, 0.2) is 0 Å². The lowest BCUT2D eigenvalue weighted by molar-refractivity contribution is 0.205. The highest BCUT2D eigenvalue weighted by Crippen LogP contribution is 2.32. The lowest BCUT2D eigenvalue weighted by atomic mass is 10.0. The molecule has 0 bridgehead atoms. The molecule has 3 aromatic rings. The lowest BCUT2D eigenvalue weighted by Gasteiger charge is -2.41. The normalized spacial score (nSPS) is 15.1. The van der Waals surface area contributed by atoms with Crippen molar-refractivity contribution in [3.63, 3.8) is 0 Å². The molecule has 0 atom stereocenters. The van der Waals surface area contributed by atoms with E-state index in [9.17, 15) is 5.26 Å². The van der Waals surface area contributed by atoms with Gasteiger partial charge in [-0.2, -0.15) is 5.26 Å². The smallest absolute Gasteiger partial charge is 0.0998 e. The highest BCUT2D eigenvalue weighted by molar-refractivity contribution is 5.97. The second-order valence-electron chi connectivity index (χ2n) is 7.90. The van der Waals surface area contributed by atoms with Crippen molar-refractivity contribution in [2.24, 2.45) is 0 Å². The second kappa shape index (κ2) is 8.04. The fraction of sp³-hybridized carbons (Fsp3) is 0.320. The first-order chi connectivity index (χ1) is 13.7. The molecule has 142 valence electrons. The standard InChI is InChI=1S/C25H27N3/c1-19(2)21-11-9-20(10-12-21)18-27-15-5-6-16-28(27)25-14-13-22(17-26)23-7-3-4-8-24(23)25/h3-4,7-14,19H,5-6,15-16,18H2,1-2H3. The van der Waals surface area contributed by atoms with E-state index in [1.165, 1.54) is 29.7 Å². The molecule has 1 heterocycles. The minimum Gasteiger partial charge on any atom is -0.305 e. The summed E-state index contributed by atoms with van der Waals surface area (Å²) in [5.74, 6) is 0.561. The Bertz CT molecular complexity index is 998. The first-order valence-electron chi connectivity index (χ1n) is 10.2. The van der Waals surface area contributed by atoms with E-state index in [2.05, 4.69) is 78.5 Å². The van der Waals surface area contributed by atoms with Crippen molar-refractivity contribution in [2.75, 3.05) is 18.1 Å². The predicted molar refractivity (Wildman–Crippen MR) is 116 cm³/mol. The summed E-state index contributed by atoms with van der Waals surface area (Å²) in [6, 6.07) is 23.7. The van der Waals surface area contributed by atoms with Crippen LogP contribution in [0.25, 0.3) is 10.8 Å². The lowest BCUT2D eigenvalue weighted by Crippen LogP contribution is -2.47. The average molecular weight is 370 g/mol. The zero-order chi connectivity index (χ0) is 19.5. The molecule has 1 aliphatic rings. The molecule has 0 radical (unpaired) electrons. The van der Waals surface area contributed by atoms with Gasteiger partial charge in [-0.15, -0.1) is 0 Å². The molecule has 0 unspecified atom stereocenters. The molecule has 0 aliphatic carbocycles. The van der Waals surface area contributed by atoms with Crippen LogP contribution >= 0.6 is 0 Å². The van der Waals surface area contributed by atoms with Crippen molar-refractivity contribution in [3.8, 4) is 6.07 Å². The summed E-state index contributed by atoms with van der Waals surface area (Å²) < 4.78 is 0. The number of nitriles is 1. The summed E-state index contributed by atoms with van der Waals surface area (Å²) in [6.07, 6.45) is 2.41. The van der Waals surface area contributed by atoms with E-state index in [1.807, 2.05) is 12.1 Å². The molecule has 0 N–H and O–H groups in total. The zero-order valence-corrected chi connectivity index (χ0v) is 16.7. The molecular weight excluding hydrogens is 342 g/mol. The maximum Gasteiger partial charge on any atom is 0.0998 e. The summed E-state index contributed by atoms with van der Waals surface area (Å²) in [7, 11) is 0. The van der Waals surface area contributed by atoms with Crippen LogP contribution in [-0.4, -0.2) is 18.1 Å². The van der Waals surface area contributed by atoms with Gasteiger partial charge in [0.05, 0.1) is 17.3 Å². The van der Waals surface area contributed by atoms with E-state index >= 15 is 0 Å². The van der Waals surface area contributed by atoms with Crippen molar-refractivity contribution in [3.05, 3.63) is 77.4 Å². The third-order valence-electron chi connectivity index (χ3n) is 5.69. The van der Waals surface area contributed by atoms with Crippen LogP contribution < -0.4 is 5.01 Å². The van der Waals surface area contributed by atoms with Crippen molar-refractivity contribution < 1.29 is 0 Å². The summed E-state index contributed by atoms with van der Waals surface area (Å²) in [4.78, 5) is 0. The van der Waals surface area contributed by atoms with Crippen molar-refractivity contribution in [1.82, 2.24) is 5.01 Å². The van der Waals surface area contributed by atoms with Gasteiger partial charge in [-0.25, -0.2) is 5.01 Å². The number of hydrogen-bond donors (Lipinski definition) is 0. The van der Waals surface area contributed by atoms with Crippen LogP contribution in [0.15, 0.2) is 60.7 Å². The largest absolute Gasteiger partial charge is 0.305 e. The molecule has 0 amide bonds. The number of fused-ring (bicyclic) bond motifs is 1. The Labute approximate surface area is 167 Å². The Kier molecular flexibility index (Phi) is 5.32. The van der Waals surface area contributed by atoms with E-state index in [4.69, 9.17) is 0 Å². The van der Waals surface area contributed by atoms with Crippen LogP contribution in [0.2, 0.25) is 0 Å². The zero-order valence-electron chi connectivity index (χ0n) is 16.7. The van der Waals surface area contributed by atoms with Crippen LogP contribution in [0.3, 0.4) is 0 Å². The quantitative estimate of drug-likeness (QED) is 0.578. The molecule has 0 aromatic heterocycles. The second-order valence-corrected chi connectivity index (χ2v) is 7.90. The Morgan fingerprint density at radius 3 is 2.32 bits per heavy atom. The minimum atomic E-state index is 0.561. The third kappa shape index (κ3) is 3.61. The molecule has 0 saturated carbocycles. The number of rotatable bonds is 4. The summed E-state index contributed by atoms with van der Waals surface area (Å²) in [5, 5.41) is 16.5. The van der Waals surface area contributed by atoms with Crippen molar-refractivity contribution in [1.29, 1.82) is 5.26 Å². The van der Waals surface area contributed by atoms with Gasteiger partial charge in [0, 0.05) is 30.4 Å². The van der Waals surface area contributed by atoms with Crippen LogP contribution in [0.1, 0.15) is 49.3 Å². The summed E-state index contributed by atoms with van der Waals surface area (Å²) >= 11 is 0. The van der Waals surface area contributed by atoms with Gasteiger partial charge in [0.25, 0.3) is 0 Å². The fourth-order valence-corrected chi connectivity index (χ4v) is 4.08. The van der Waals surface area contributed by atoms with Crippen molar-refractivity contribution in [2.45, 2.75) is 39.2 Å². The Balaban J connectivity index is 1.66. The Morgan fingerprint density at radius 1 is 0.893 bits per heavy atom. The van der Waals surface area contributed by atoms with E-state index in [1.54, 1.807) is 0 Å². The van der Waals surface area contributed by atoms with E-state index < -0.39 is 0 Å². The average Bonchev–Trinajstić information content (AvgIpc) is 2.74. The number of benzene rings is 3. The van der Waals surface area contributed by atoms with Gasteiger partial charge < -0.3 is 5.01 Å². The third-order valence-corrected chi connectivity index (χ3v) is 5.69. The van der Waals surface area contributed by atoms with E-state index in [-0.39, 0.29) is 0 Å². The molecule has 1 aliphatic heterocycles. The summed E-state index contributed by atoms with van der Waals surface area (Å²) in [6.45, 7) is 7.45. The molecular formula is C25H27N3. The van der Waals surface area contributed by atoms with Crippen LogP contribution in [0.4, 0.5) is 5.69 Å². The van der Waals surface area contributed by atoms with E-state index in [0.29, 0.717) is 5.92 Å². The van der Waals surface area contributed by atoms with Gasteiger partial charge in [-0.05, 0) is 42.0 Å². The maximum absolute atomic E-state index is 9.47. The topological polar surface area (TPSA) is 30.3 Å². The molecule has 4 rings (SSSR count). The molecule has 28 heavy (non-hydrogen) atoms. The first kappa shape index (κ1) is 18.5. The molecule has 3 aromatic carbocycles. The van der Waals surface area contributed by atoms with Crippen LogP contribution in [0.5, 0.6) is 0 Å². The number of anilines is 1. The van der Waals surface area contributed by atoms with Gasteiger partial charge in [-0.1, -0.05) is 62.4 Å². The van der Waals surface area contributed by atoms with E-state index in [0.717, 1.165) is 36.0 Å². The van der Waals surface area contributed by atoms with Gasteiger partial charge >= 0.3 is 0 Å². The van der Waals surface area contributed by atoms with Crippen LogP contribution in [-0.2, 0) is 6.54 Å². The van der Waals surface area contributed by atoms with Crippen molar-refractivity contribution >= 4 is 16.5 Å². The fourth-order valence-electron chi connectivity index (χ4n) is 4.08. The predicted octanol–water partition coefficient (Wildman–Crippen LogP) is 5.85. The SMILES string of the molecule is CC(C)c1ccc(CN2CCCCN2c2ccc(C#N)c3ccccc23)cc1. The molecule has 1 saturated heterocycles.